The molecular weight excluding hydrogens is 242 g/mol. The van der Waals surface area contributed by atoms with Crippen molar-refractivity contribution < 1.29 is 14.3 Å². The maximum absolute atomic E-state index is 12.0. The Kier molecular flexibility index (Phi) is 2.56. The van der Waals surface area contributed by atoms with Gasteiger partial charge >= 0.3 is 0 Å². The highest BCUT2D eigenvalue weighted by molar-refractivity contribution is 6.22. The van der Waals surface area contributed by atoms with E-state index in [9.17, 15) is 9.59 Å². The molecule has 0 spiro atoms. The Bertz CT molecular complexity index is 664. The van der Waals surface area contributed by atoms with Crippen molar-refractivity contribution in [3.63, 3.8) is 0 Å². The van der Waals surface area contributed by atoms with Crippen molar-refractivity contribution in [1.82, 2.24) is 4.90 Å². The molecule has 2 amide bonds. The Morgan fingerprint density at radius 1 is 0.895 bits per heavy atom. The largest absolute Gasteiger partial charge is 0.457 e. The van der Waals surface area contributed by atoms with E-state index in [4.69, 9.17) is 4.74 Å². The number of para-hydroxylation sites is 1. The van der Waals surface area contributed by atoms with Crippen molar-refractivity contribution in [2.75, 3.05) is 7.05 Å². The number of carbonyl (C=O) groups excluding carboxylic acids is 2. The molecule has 94 valence electrons. The van der Waals surface area contributed by atoms with Crippen LogP contribution in [0.25, 0.3) is 0 Å². The highest BCUT2D eigenvalue weighted by Crippen LogP contribution is 2.32. The molecule has 0 fully saturated rings. The molecular formula is C15H11NO3. The molecule has 0 unspecified atom stereocenters. The van der Waals surface area contributed by atoms with Crippen LogP contribution in [-0.4, -0.2) is 23.8 Å². The standard InChI is InChI=1S/C15H11NO3/c1-16-14(17)11-8-5-9-12(13(11)15(16)18)19-10-6-3-2-4-7-10/h2-9H,1H3. The van der Waals surface area contributed by atoms with E-state index in [0.29, 0.717) is 22.6 Å². The second-order valence-corrected chi connectivity index (χ2v) is 4.26. The molecule has 19 heavy (non-hydrogen) atoms. The molecule has 0 aliphatic carbocycles. The van der Waals surface area contributed by atoms with Gasteiger partial charge in [0.05, 0.1) is 11.1 Å². The highest BCUT2D eigenvalue weighted by Gasteiger charge is 2.35. The normalized spacial score (nSPS) is 13.6. The zero-order valence-electron chi connectivity index (χ0n) is 10.3. The van der Waals surface area contributed by atoms with Crippen LogP contribution in [0, 0.1) is 0 Å². The predicted octanol–water partition coefficient (Wildman–Crippen LogP) is 2.70. The Hall–Kier alpha value is -2.62. The first-order valence-electron chi connectivity index (χ1n) is 5.87. The number of rotatable bonds is 2. The SMILES string of the molecule is CN1C(=O)c2cccc(Oc3ccccc3)c2C1=O. The van der Waals surface area contributed by atoms with Gasteiger partial charge in [0.2, 0.25) is 0 Å². The number of carbonyl (C=O) groups is 2. The molecule has 0 saturated heterocycles. The molecule has 0 atom stereocenters. The van der Waals surface area contributed by atoms with Gasteiger partial charge in [-0.05, 0) is 24.3 Å². The summed E-state index contributed by atoms with van der Waals surface area (Å²) in [5.74, 6) is 0.419. The van der Waals surface area contributed by atoms with Crippen molar-refractivity contribution in [1.29, 1.82) is 0 Å². The molecule has 2 aromatic carbocycles. The molecule has 0 saturated carbocycles. The van der Waals surface area contributed by atoms with Crippen molar-refractivity contribution in [2.45, 2.75) is 0 Å². The Morgan fingerprint density at radius 2 is 1.63 bits per heavy atom. The lowest BCUT2D eigenvalue weighted by Crippen LogP contribution is -2.24. The summed E-state index contributed by atoms with van der Waals surface area (Å²) < 4.78 is 5.69. The summed E-state index contributed by atoms with van der Waals surface area (Å²) in [6.07, 6.45) is 0. The quantitative estimate of drug-likeness (QED) is 0.773. The average molecular weight is 253 g/mol. The van der Waals surface area contributed by atoms with Gasteiger partial charge in [-0.15, -0.1) is 0 Å². The molecule has 1 aliphatic rings. The summed E-state index contributed by atoms with van der Waals surface area (Å²) in [7, 11) is 1.47. The topological polar surface area (TPSA) is 46.6 Å². The van der Waals surface area contributed by atoms with Gasteiger partial charge in [-0.25, -0.2) is 0 Å². The maximum atomic E-state index is 12.0. The zero-order chi connectivity index (χ0) is 13.4. The van der Waals surface area contributed by atoms with E-state index in [0.717, 1.165) is 4.90 Å². The van der Waals surface area contributed by atoms with Gasteiger partial charge < -0.3 is 4.74 Å². The molecule has 0 aromatic heterocycles. The number of benzene rings is 2. The molecule has 1 heterocycles. The molecule has 0 bridgehead atoms. The molecule has 4 nitrogen and oxygen atoms in total. The fourth-order valence-electron chi connectivity index (χ4n) is 2.07. The van der Waals surface area contributed by atoms with Gasteiger partial charge in [0.1, 0.15) is 11.5 Å². The summed E-state index contributed by atoms with van der Waals surface area (Å²) in [5, 5.41) is 0. The van der Waals surface area contributed by atoms with Crippen molar-refractivity contribution in [3.8, 4) is 11.5 Å². The minimum atomic E-state index is -0.327. The van der Waals surface area contributed by atoms with Gasteiger partial charge in [-0.2, -0.15) is 0 Å². The van der Waals surface area contributed by atoms with E-state index in [1.165, 1.54) is 7.05 Å². The molecule has 0 radical (unpaired) electrons. The number of hydrogen-bond donors (Lipinski definition) is 0. The molecule has 2 aromatic rings. The van der Waals surface area contributed by atoms with E-state index < -0.39 is 0 Å². The van der Waals surface area contributed by atoms with Gasteiger partial charge in [0.15, 0.2) is 0 Å². The van der Waals surface area contributed by atoms with Crippen LogP contribution in [0.1, 0.15) is 20.7 Å². The van der Waals surface area contributed by atoms with Crippen LogP contribution in [0.3, 0.4) is 0 Å². The van der Waals surface area contributed by atoms with Crippen molar-refractivity contribution >= 4 is 11.8 Å². The highest BCUT2D eigenvalue weighted by atomic mass is 16.5. The van der Waals surface area contributed by atoms with Gasteiger partial charge in [-0.3, -0.25) is 14.5 Å². The minimum absolute atomic E-state index is 0.293. The summed E-state index contributed by atoms with van der Waals surface area (Å²) >= 11 is 0. The first-order chi connectivity index (χ1) is 9.18. The summed E-state index contributed by atoms with van der Waals surface area (Å²) in [6.45, 7) is 0. The molecule has 3 rings (SSSR count). The van der Waals surface area contributed by atoms with Crippen LogP contribution in [0.2, 0.25) is 0 Å². The second kappa shape index (κ2) is 4.24. The van der Waals surface area contributed by atoms with Crippen LogP contribution in [-0.2, 0) is 0 Å². The van der Waals surface area contributed by atoms with Crippen LogP contribution in [0.15, 0.2) is 48.5 Å². The summed E-state index contributed by atoms with van der Waals surface area (Å²) in [5.41, 5.74) is 0.722. The fourth-order valence-corrected chi connectivity index (χ4v) is 2.07. The Balaban J connectivity index is 2.06. The van der Waals surface area contributed by atoms with Gasteiger partial charge in [0, 0.05) is 7.05 Å². The van der Waals surface area contributed by atoms with Gasteiger partial charge in [0.25, 0.3) is 11.8 Å². The first kappa shape index (κ1) is 11.5. The van der Waals surface area contributed by atoms with E-state index >= 15 is 0 Å². The second-order valence-electron chi connectivity index (χ2n) is 4.26. The number of nitrogens with zero attached hydrogens (tertiary/aromatic N) is 1. The number of ether oxygens (including phenoxy) is 1. The number of hydrogen-bond acceptors (Lipinski definition) is 3. The fraction of sp³-hybridized carbons (Fsp3) is 0.0667. The van der Waals surface area contributed by atoms with Crippen LogP contribution in [0.5, 0.6) is 11.5 Å². The van der Waals surface area contributed by atoms with Gasteiger partial charge in [-0.1, -0.05) is 24.3 Å². The zero-order valence-corrected chi connectivity index (χ0v) is 10.3. The van der Waals surface area contributed by atoms with E-state index in [-0.39, 0.29) is 11.8 Å². The maximum Gasteiger partial charge on any atom is 0.265 e. The lowest BCUT2D eigenvalue weighted by atomic mass is 10.1. The molecule has 0 N–H and O–H groups in total. The Morgan fingerprint density at radius 3 is 2.37 bits per heavy atom. The third-order valence-electron chi connectivity index (χ3n) is 3.05. The number of fused-ring (bicyclic) bond motifs is 1. The monoisotopic (exact) mass is 253 g/mol. The smallest absolute Gasteiger partial charge is 0.265 e. The molecule has 4 heteroatoms. The average Bonchev–Trinajstić information content (AvgIpc) is 2.66. The number of imide groups is 1. The Labute approximate surface area is 110 Å². The van der Waals surface area contributed by atoms with Crippen LogP contribution >= 0.6 is 0 Å². The molecule has 1 aliphatic heterocycles. The van der Waals surface area contributed by atoms with Crippen LogP contribution < -0.4 is 4.74 Å². The summed E-state index contributed by atoms with van der Waals surface area (Å²) in [6, 6.07) is 14.2. The number of amides is 2. The lowest BCUT2D eigenvalue weighted by molar-refractivity contribution is 0.0692. The van der Waals surface area contributed by atoms with E-state index in [2.05, 4.69) is 0 Å². The predicted molar refractivity (Wildman–Crippen MR) is 69.4 cm³/mol. The van der Waals surface area contributed by atoms with Crippen molar-refractivity contribution in [2.24, 2.45) is 0 Å². The first-order valence-corrected chi connectivity index (χ1v) is 5.87. The third kappa shape index (κ3) is 1.78. The van der Waals surface area contributed by atoms with Crippen LogP contribution in [0.4, 0.5) is 0 Å². The summed E-state index contributed by atoms with van der Waals surface area (Å²) in [4.78, 5) is 25.0. The third-order valence-corrected chi connectivity index (χ3v) is 3.05. The minimum Gasteiger partial charge on any atom is -0.457 e. The van der Waals surface area contributed by atoms with E-state index in [1.54, 1.807) is 30.3 Å². The van der Waals surface area contributed by atoms with Crippen molar-refractivity contribution in [3.05, 3.63) is 59.7 Å². The lowest BCUT2D eigenvalue weighted by Gasteiger charge is -2.08. The van der Waals surface area contributed by atoms with E-state index in [1.807, 2.05) is 18.2 Å².